The quantitative estimate of drug-likeness (QED) is 0.817. The van der Waals surface area contributed by atoms with Crippen LogP contribution in [0.2, 0.25) is 5.02 Å². The number of nitrogens with one attached hydrogen (secondary N) is 1. The fraction of sp³-hybridized carbons (Fsp3) is 0.417. The van der Waals surface area contributed by atoms with Crippen molar-refractivity contribution in [1.29, 1.82) is 0 Å². The second kappa shape index (κ2) is 5.91. The van der Waals surface area contributed by atoms with Gasteiger partial charge in [-0.25, -0.2) is 0 Å². The summed E-state index contributed by atoms with van der Waals surface area (Å²) in [7, 11) is 0. The molecule has 1 atom stereocenters. The van der Waals surface area contributed by atoms with Gasteiger partial charge in [0.15, 0.2) is 5.75 Å². The van der Waals surface area contributed by atoms with Crippen LogP contribution < -0.4 is 5.32 Å². The van der Waals surface area contributed by atoms with Gasteiger partial charge in [-0.1, -0.05) is 11.6 Å². The maximum atomic E-state index is 12.0. The van der Waals surface area contributed by atoms with Gasteiger partial charge in [-0.3, -0.25) is 4.79 Å². The van der Waals surface area contributed by atoms with Gasteiger partial charge in [-0.2, -0.15) is 0 Å². The van der Waals surface area contributed by atoms with Gasteiger partial charge in [-0.15, -0.1) is 0 Å². The highest BCUT2D eigenvalue weighted by molar-refractivity contribution is 9.10. The van der Waals surface area contributed by atoms with E-state index in [1.165, 1.54) is 6.07 Å². The number of hydrogen-bond donors (Lipinski definition) is 2. The highest BCUT2D eigenvalue weighted by atomic mass is 79.9. The minimum absolute atomic E-state index is 0.0236. The molecule has 2 rings (SSSR count). The third-order valence-electron chi connectivity index (χ3n) is 2.82. The van der Waals surface area contributed by atoms with Crippen LogP contribution in [-0.2, 0) is 9.53 Å². The molecular weight excluding hydrogens is 321 g/mol. The average molecular weight is 335 g/mol. The van der Waals surface area contributed by atoms with Gasteiger partial charge in [0.1, 0.15) is 0 Å². The van der Waals surface area contributed by atoms with E-state index in [4.69, 9.17) is 16.3 Å². The Hall–Kier alpha value is -0.780. The van der Waals surface area contributed by atoms with E-state index in [1.54, 1.807) is 6.07 Å². The summed E-state index contributed by atoms with van der Waals surface area (Å²) in [6.07, 6.45) is 1.68. The monoisotopic (exact) mass is 333 g/mol. The number of ether oxygens (including phenoxy) is 1. The van der Waals surface area contributed by atoms with Crippen LogP contribution >= 0.6 is 27.5 Å². The molecule has 0 saturated carbocycles. The molecule has 1 fully saturated rings. The van der Waals surface area contributed by atoms with E-state index in [0.29, 0.717) is 28.4 Å². The summed E-state index contributed by atoms with van der Waals surface area (Å²) >= 11 is 9.05. The Balaban J connectivity index is 2.11. The summed E-state index contributed by atoms with van der Waals surface area (Å²) in [5.74, 6) is -0.348. The smallest absolute Gasteiger partial charge is 0.229 e. The van der Waals surface area contributed by atoms with Gasteiger partial charge in [0.25, 0.3) is 0 Å². The average Bonchev–Trinajstić information content (AvgIpc) is 2.36. The Labute approximate surface area is 118 Å². The number of rotatable bonds is 2. The maximum Gasteiger partial charge on any atom is 0.229 e. The molecule has 0 aromatic heterocycles. The van der Waals surface area contributed by atoms with Crippen LogP contribution in [0.5, 0.6) is 5.75 Å². The second-order valence-electron chi connectivity index (χ2n) is 4.19. The van der Waals surface area contributed by atoms with Gasteiger partial charge in [0, 0.05) is 11.6 Å². The van der Waals surface area contributed by atoms with Gasteiger partial charge in [-0.05, 0) is 40.9 Å². The van der Waals surface area contributed by atoms with E-state index in [1.807, 2.05) is 0 Å². The lowest BCUT2D eigenvalue weighted by atomic mass is 10.0. The molecule has 18 heavy (non-hydrogen) atoms. The van der Waals surface area contributed by atoms with Crippen molar-refractivity contribution >= 4 is 39.1 Å². The van der Waals surface area contributed by atoms with Crippen molar-refractivity contribution in [2.45, 2.75) is 12.8 Å². The third-order valence-corrected chi connectivity index (χ3v) is 3.64. The Bertz CT molecular complexity index is 461. The van der Waals surface area contributed by atoms with Crippen molar-refractivity contribution in [3.05, 3.63) is 21.6 Å². The molecule has 0 bridgehead atoms. The van der Waals surface area contributed by atoms with Crippen molar-refractivity contribution in [1.82, 2.24) is 0 Å². The topological polar surface area (TPSA) is 58.6 Å². The number of carbonyl (C=O) groups is 1. The summed E-state index contributed by atoms with van der Waals surface area (Å²) in [5, 5.41) is 12.9. The molecule has 0 spiro atoms. The molecular formula is C12H13BrClNO3. The number of benzene rings is 1. The first-order valence-corrected chi connectivity index (χ1v) is 6.81. The standard InChI is InChI=1S/C12H13BrClNO3/c13-9-4-8(14)5-10(11(9)16)15-12(17)7-2-1-3-18-6-7/h4-5,7,16H,1-3,6H2,(H,15,17)/t7-/m0/s1. The van der Waals surface area contributed by atoms with E-state index in [9.17, 15) is 9.90 Å². The molecule has 6 heteroatoms. The van der Waals surface area contributed by atoms with Crippen LogP contribution in [-0.4, -0.2) is 24.2 Å². The number of hydrogen-bond acceptors (Lipinski definition) is 3. The van der Waals surface area contributed by atoms with Gasteiger partial charge >= 0.3 is 0 Å². The number of phenolic OH excluding ortho intramolecular Hbond substituents is 1. The molecule has 2 N–H and O–H groups in total. The molecule has 0 aliphatic carbocycles. The minimum Gasteiger partial charge on any atom is -0.505 e. The van der Waals surface area contributed by atoms with E-state index >= 15 is 0 Å². The van der Waals surface area contributed by atoms with Crippen molar-refractivity contribution in [2.24, 2.45) is 5.92 Å². The van der Waals surface area contributed by atoms with Crippen molar-refractivity contribution < 1.29 is 14.6 Å². The summed E-state index contributed by atoms with van der Waals surface area (Å²) in [5.41, 5.74) is 0.310. The summed E-state index contributed by atoms with van der Waals surface area (Å²) < 4.78 is 5.71. The molecule has 0 radical (unpaired) electrons. The number of phenols is 1. The lowest BCUT2D eigenvalue weighted by Gasteiger charge is -2.21. The van der Waals surface area contributed by atoms with Crippen molar-refractivity contribution in [3.8, 4) is 5.75 Å². The van der Waals surface area contributed by atoms with Crippen LogP contribution in [0, 0.1) is 5.92 Å². The van der Waals surface area contributed by atoms with Crippen LogP contribution in [0.4, 0.5) is 5.69 Å². The van der Waals surface area contributed by atoms with E-state index in [0.717, 1.165) is 12.8 Å². The molecule has 1 aromatic carbocycles. The first kappa shape index (κ1) is 13.6. The molecule has 1 amide bonds. The first-order valence-electron chi connectivity index (χ1n) is 5.64. The van der Waals surface area contributed by atoms with E-state index in [2.05, 4.69) is 21.2 Å². The lowest BCUT2D eigenvalue weighted by molar-refractivity contribution is -0.123. The molecule has 1 aliphatic heterocycles. The fourth-order valence-electron chi connectivity index (χ4n) is 1.84. The largest absolute Gasteiger partial charge is 0.505 e. The van der Waals surface area contributed by atoms with Gasteiger partial charge < -0.3 is 15.2 Å². The van der Waals surface area contributed by atoms with Crippen LogP contribution in [0.25, 0.3) is 0 Å². The molecule has 4 nitrogen and oxygen atoms in total. The predicted octanol–water partition coefficient (Wildman–Crippen LogP) is 3.17. The van der Waals surface area contributed by atoms with Crippen LogP contribution in [0.1, 0.15) is 12.8 Å². The zero-order valence-corrected chi connectivity index (χ0v) is 11.9. The second-order valence-corrected chi connectivity index (χ2v) is 5.48. The predicted molar refractivity (Wildman–Crippen MR) is 73.0 cm³/mol. The van der Waals surface area contributed by atoms with Gasteiger partial charge in [0.05, 0.1) is 22.7 Å². The van der Waals surface area contributed by atoms with E-state index in [-0.39, 0.29) is 17.6 Å². The Morgan fingerprint density at radius 1 is 1.56 bits per heavy atom. The van der Waals surface area contributed by atoms with Crippen LogP contribution in [0.3, 0.4) is 0 Å². The van der Waals surface area contributed by atoms with Crippen molar-refractivity contribution in [2.75, 3.05) is 18.5 Å². The first-order chi connectivity index (χ1) is 8.58. The Kier molecular flexibility index (Phi) is 4.48. The number of halogens is 2. The van der Waals surface area contributed by atoms with Crippen molar-refractivity contribution in [3.63, 3.8) is 0 Å². The Morgan fingerprint density at radius 3 is 3.00 bits per heavy atom. The summed E-state index contributed by atoms with van der Waals surface area (Å²) in [6, 6.07) is 3.08. The number of carbonyl (C=O) groups excluding carboxylic acids is 1. The summed E-state index contributed by atoms with van der Waals surface area (Å²) in [6.45, 7) is 1.13. The highest BCUT2D eigenvalue weighted by Gasteiger charge is 2.23. The van der Waals surface area contributed by atoms with Crippen LogP contribution in [0.15, 0.2) is 16.6 Å². The third kappa shape index (κ3) is 3.16. The lowest BCUT2D eigenvalue weighted by Crippen LogP contribution is -2.30. The zero-order chi connectivity index (χ0) is 13.1. The minimum atomic E-state index is -0.170. The SMILES string of the molecule is O=C(Nc1cc(Cl)cc(Br)c1O)[C@H]1CCCOC1. The maximum absolute atomic E-state index is 12.0. The van der Waals surface area contributed by atoms with E-state index < -0.39 is 0 Å². The number of anilines is 1. The zero-order valence-electron chi connectivity index (χ0n) is 9.58. The molecule has 1 aliphatic rings. The highest BCUT2D eigenvalue weighted by Crippen LogP contribution is 2.35. The van der Waals surface area contributed by atoms with Gasteiger partial charge in [0.2, 0.25) is 5.91 Å². The molecule has 1 saturated heterocycles. The Morgan fingerprint density at radius 2 is 2.33 bits per heavy atom. The normalized spacial score (nSPS) is 19.6. The molecule has 0 unspecified atom stereocenters. The molecule has 98 valence electrons. The molecule has 1 heterocycles. The number of aromatic hydroxyl groups is 1. The molecule has 1 aromatic rings. The fourth-order valence-corrected chi connectivity index (χ4v) is 2.65. The summed E-state index contributed by atoms with van der Waals surface area (Å²) in [4.78, 5) is 12.0. The number of amides is 1.